The van der Waals surface area contributed by atoms with Crippen LogP contribution in [0.4, 0.5) is 0 Å². The quantitative estimate of drug-likeness (QED) is 0.387. The Morgan fingerprint density at radius 2 is 1.77 bits per heavy atom. The van der Waals surface area contributed by atoms with Gasteiger partial charge in [-0.3, -0.25) is 0 Å². The summed E-state index contributed by atoms with van der Waals surface area (Å²) in [5, 5.41) is 0.849. The summed E-state index contributed by atoms with van der Waals surface area (Å²) in [5.41, 5.74) is 4.29. The molecule has 3 rings (SSSR count). The molecular formula is C20H18ClNO4. The van der Waals surface area contributed by atoms with E-state index in [1.807, 2.05) is 26.0 Å². The molecule has 0 aliphatic rings. The van der Waals surface area contributed by atoms with Crippen molar-refractivity contribution in [2.45, 2.75) is 34.3 Å². The predicted octanol–water partition coefficient (Wildman–Crippen LogP) is 4.43. The van der Waals surface area contributed by atoms with E-state index in [0.717, 1.165) is 22.2 Å². The first-order valence-electron chi connectivity index (χ1n) is 8.11. The van der Waals surface area contributed by atoms with Crippen LogP contribution in [0.2, 0.25) is 5.15 Å². The van der Waals surface area contributed by atoms with Gasteiger partial charge in [0.15, 0.2) is 0 Å². The van der Waals surface area contributed by atoms with Crippen molar-refractivity contribution in [3.63, 3.8) is 0 Å². The van der Waals surface area contributed by atoms with E-state index < -0.39 is 11.6 Å². The zero-order valence-electron chi connectivity index (χ0n) is 15.0. The molecule has 2 heterocycles. The van der Waals surface area contributed by atoms with Crippen LogP contribution in [-0.4, -0.2) is 11.0 Å². The minimum atomic E-state index is -0.578. The van der Waals surface area contributed by atoms with Crippen molar-refractivity contribution in [3.05, 3.63) is 73.3 Å². The van der Waals surface area contributed by atoms with E-state index in [9.17, 15) is 9.59 Å². The molecule has 2 aromatic heterocycles. The fourth-order valence-electron chi connectivity index (χ4n) is 2.85. The van der Waals surface area contributed by atoms with Crippen LogP contribution in [0.25, 0.3) is 11.0 Å². The third kappa shape index (κ3) is 3.48. The third-order valence-corrected chi connectivity index (χ3v) is 4.58. The van der Waals surface area contributed by atoms with Gasteiger partial charge in [0.2, 0.25) is 0 Å². The molecule has 3 aromatic rings. The molecule has 26 heavy (non-hydrogen) atoms. The number of benzene rings is 1. The lowest BCUT2D eigenvalue weighted by atomic mass is 10.0. The zero-order valence-corrected chi connectivity index (χ0v) is 15.7. The average molecular weight is 372 g/mol. The predicted molar refractivity (Wildman–Crippen MR) is 99.8 cm³/mol. The molecule has 0 spiro atoms. The van der Waals surface area contributed by atoms with E-state index in [1.165, 1.54) is 6.07 Å². The number of carbonyl (C=O) groups is 1. The molecule has 0 N–H and O–H groups in total. The Balaban J connectivity index is 1.94. The molecule has 134 valence electrons. The Morgan fingerprint density at radius 1 is 1.08 bits per heavy atom. The van der Waals surface area contributed by atoms with Gasteiger partial charge in [0, 0.05) is 22.7 Å². The van der Waals surface area contributed by atoms with Crippen molar-refractivity contribution in [1.82, 2.24) is 4.98 Å². The number of aromatic nitrogens is 1. The topological polar surface area (TPSA) is 69.4 Å². The van der Waals surface area contributed by atoms with Gasteiger partial charge < -0.3 is 9.15 Å². The second-order valence-electron chi connectivity index (χ2n) is 6.35. The van der Waals surface area contributed by atoms with E-state index in [-0.39, 0.29) is 17.3 Å². The summed E-state index contributed by atoms with van der Waals surface area (Å²) in [4.78, 5) is 28.4. The molecule has 0 aliphatic heterocycles. The highest BCUT2D eigenvalue weighted by Gasteiger charge is 2.18. The molecule has 0 unspecified atom stereocenters. The van der Waals surface area contributed by atoms with Crippen LogP contribution in [0.3, 0.4) is 0 Å². The molecule has 0 fully saturated rings. The molecular weight excluding hydrogens is 354 g/mol. The minimum Gasteiger partial charge on any atom is -0.457 e. The number of carbonyl (C=O) groups excluding carboxylic acids is 1. The molecule has 0 amide bonds. The number of esters is 1. The first kappa shape index (κ1) is 18.1. The molecule has 0 saturated carbocycles. The number of pyridine rings is 1. The third-order valence-electron chi connectivity index (χ3n) is 4.31. The monoisotopic (exact) mass is 371 g/mol. The highest BCUT2D eigenvalue weighted by atomic mass is 35.5. The molecule has 1 aromatic carbocycles. The highest BCUT2D eigenvalue weighted by Crippen LogP contribution is 2.24. The maximum atomic E-state index is 12.5. The van der Waals surface area contributed by atoms with Crippen molar-refractivity contribution in [1.29, 1.82) is 0 Å². The van der Waals surface area contributed by atoms with Crippen LogP contribution in [0.1, 0.15) is 38.3 Å². The molecule has 0 bridgehead atoms. The molecule has 6 heteroatoms. The average Bonchev–Trinajstić information content (AvgIpc) is 2.53. The van der Waals surface area contributed by atoms with Gasteiger partial charge in [-0.05, 0) is 62.6 Å². The van der Waals surface area contributed by atoms with Gasteiger partial charge >= 0.3 is 11.6 Å². The van der Waals surface area contributed by atoms with E-state index in [0.29, 0.717) is 16.7 Å². The molecule has 0 saturated heterocycles. The van der Waals surface area contributed by atoms with Gasteiger partial charge in [-0.2, -0.15) is 0 Å². The van der Waals surface area contributed by atoms with Crippen molar-refractivity contribution in [2.75, 3.05) is 0 Å². The number of rotatable bonds is 3. The van der Waals surface area contributed by atoms with E-state index in [4.69, 9.17) is 20.8 Å². The summed E-state index contributed by atoms with van der Waals surface area (Å²) in [5.74, 6) is -0.578. The maximum Gasteiger partial charge on any atom is 0.341 e. The highest BCUT2D eigenvalue weighted by molar-refractivity contribution is 6.32. The lowest BCUT2D eigenvalue weighted by molar-refractivity contribution is 0.0472. The molecule has 0 atom stereocenters. The Bertz CT molecular complexity index is 1060. The summed E-state index contributed by atoms with van der Waals surface area (Å²) >= 11 is 6.09. The number of aryl methyl sites for hydroxylation is 4. The van der Waals surface area contributed by atoms with Crippen molar-refractivity contribution >= 4 is 28.5 Å². The maximum absolute atomic E-state index is 12.5. The van der Waals surface area contributed by atoms with Crippen LogP contribution >= 0.6 is 11.6 Å². The van der Waals surface area contributed by atoms with Crippen molar-refractivity contribution in [2.24, 2.45) is 0 Å². The SMILES string of the molecule is Cc1cc(C)c(C(=O)OCc2cc(=O)oc3cc(C)c(C)cc23)c(Cl)n1. The van der Waals surface area contributed by atoms with Crippen molar-refractivity contribution in [3.8, 4) is 0 Å². The fraction of sp³-hybridized carbons (Fsp3) is 0.250. The number of fused-ring (bicyclic) bond motifs is 1. The largest absolute Gasteiger partial charge is 0.457 e. The van der Waals surface area contributed by atoms with Gasteiger partial charge in [-0.15, -0.1) is 0 Å². The zero-order chi connectivity index (χ0) is 19.0. The summed E-state index contributed by atoms with van der Waals surface area (Å²) in [6, 6.07) is 6.83. The van der Waals surface area contributed by atoms with E-state index in [2.05, 4.69) is 4.98 Å². The molecule has 5 nitrogen and oxygen atoms in total. The van der Waals surface area contributed by atoms with Gasteiger partial charge in [-0.1, -0.05) is 11.6 Å². The van der Waals surface area contributed by atoms with Gasteiger partial charge in [-0.25, -0.2) is 14.6 Å². The number of hydrogen-bond acceptors (Lipinski definition) is 5. The second kappa shape index (κ2) is 6.92. The Kier molecular flexibility index (Phi) is 4.83. The second-order valence-corrected chi connectivity index (χ2v) is 6.70. The summed E-state index contributed by atoms with van der Waals surface area (Å²) in [6.45, 7) is 7.42. The van der Waals surface area contributed by atoms with E-state index >= 15 is 0 Å². The number of halogens is 1. The van der Waals surface area contributed by atoms with Crippen LogP contribution in [0.15, 0.2) is 33.5 Å². The Hall–Kier alpha value is -2.66. The number of ether oxygens (including phenoxy) is 1. The molecule has 0 radical (unpaired) electrons. The number of hydrogen-bond donors (Lipinski definition) is 0. The number of nitrogens with zero attached hydrogens (tertiary/aromatic N) is 1. The lowest BCUT2D eigenvalue weighted by Gasteiger charge is -2.11. The van der Waals surface area contributed by atoms with Gasteiger partial charge in [0.05, 0.1) is 5.56 Å². The van der Waals surface area contributed by atoms with Gasteiger partial charge in [0.25, 0.3) is 0 Å². The standard InChI is InChI=1S/C20H18ClNO4/c1-10-6-15-14(8-17(23)26-16(15)7-11(10)2)9-25-20(24)18-12(3)5-13(4)22-19(18)21/h5-8H,9H2,1-4H3. The van der Waals surface area contributed by atoms with Crippen LogP contribution in [-0.2, 0) is 11.3 Å². The minimum absolute atomic E-state index is 0.0624. The van der Waals surface area contributed by atoms with Crippen LogP contribution < -0.4 is 5.63 Å². The summed E-state index contributed by atoms with van der Waals surface area (Å²) < 4.78 is 10.7. The van der Waals surface area contributed by atoms with Crippen LogP contribution in [0, 0.1) is 27.7 Å². The normalized spacial score (nSPS) is 11.0. The summed E-state index contributed by atoms with van der Waals surface area (Å²) in [6.07, 6.45) is 0. The first-order valence-corrected chi connectivity index (χ1v) is 8.49. The fourth-order valence-corrected chi connectivity index (χ4v) is 3.21. The van der Waals surface area contributed by atoms with Crippen molar-refractivity contribution < 1.29 is 13.9 Å². The van der Waals surface area contributed by atoms with Crippen LogP contribution in [0.5, 0.6) is 0 Å². The molecule has 0 aliphatic carbocycles. The Morgan fingerprint density at radius 3 is 2.46 bits per heavy atom. The Labute approximate surface area is 155 Å². The van der Waals surface area contributed by atoms with Gasteiger partial charge in [0.1, 0.15) is 17.3 Å². The van der Waals surface area contributed by atoms with E-state index in [1.54, 1.807) is 19.9 Å². The smallest absolute Gasteiger partial charge is 0.341 e. The first-order chi connectivity index (χ1) is 12.3. The lowest BCUT2D eigenvalue weighted by Crippen LogP contribution is -2.11. The summed E-state index contributed by atoms with van der Waals surface area (Å²) in [7, 11) is 0.